The third-order valence-electron chi connectivity index (χ3n) is 10.3. The lowest BCUT2D eigenvalue weighted by atomic mass is 9.94. The van der Waals surface area contributed by atoms with Crippen molar-refractivity contribution in [3.63, 3.8) is 0 Å². The summed E-state index contributed by atoms with van der Waals surface area (Å²) in [5.41, 5.74) is 10.1. The van der Waals surface area contributed by atoms with Crippen molar-refractivity contribution in [2.24, 2.45) is 0 Å². The highest BCUT2D eigenvalue weighted by atomic mass is 32.1. The van der Waals surface area contributed by atoms with Crippen LogP contribution in [-0.2, 0) is 0 Å². The molecule has 0 aliphatic rings. The van der Waals surface area contributed by atoms with E-state index in [1.807, 2.05) is 28.7 Å². The molecular formula is C48H29NOS2. The first-order valence-corrected chi connectivity index (χ1v) is 19.1. The van der Waals surface area contributed by atoms with Crippen LogP contribution in [-0.4, -0.2) is 0 Å². The van der Waals surface area contributed by atoms with Crippen LogP contribution in [0.4, 0.5) is 17.1 Å². The Balaban J connectivity index is 1.16. The molecule has 2 nitrogen and oxygen atoms in total. The minimum absolute atomic E-state index is 0.917. The van der Waals surface area contributed by atoms with E-state index in [1.54, 1.807) is 0 Å². The topological polar surface area (TPSA) is 16.4 Å². The summed E-state index contributed by atoms with van der Waals surface area (Å²) in [5, 5.41) is 7.25. The van der Waals surface area contributed by atoms with Crippen LogP contribution in [0.25, 0.3) is 84.5 Å². The molecule has 244 valence electrons. The standard InChI is InChI=1S/C48H29NOS2/c1-2-11-30(12-3-1)34-13-4-5-14-35(34)31-21-23-32(24-22-31)49(33-25-27-43-39(29-33)37-16-7-9-19-42(37)51-43)40-17-10-20-44-46(40)47-45(52-44)28-26-38-36-15-6-8-18-41(36)50-48(38)47/h1-29H. The number of para-hydroxylation sites is 1. The number of hydrogen-bond donors (Lipinski definition) is 0. The third-order valence-corrected chi connectivity index (χ3v) is 12.6. The fraction of sp³-hybridized carbons (Fsp3) is 0. The fourth-order valence-electron chi connectivity index (χ4n) is 7.93. The molecule has 0 fully saturated rings. The van der Waals surface area contributed by atoms with Crippen molar-refractivity contribution in [2.75, 3.05) is 4.90 Å². The molecule has 0 aliphatic heterocycles. The van der Waals surface area contributed by atoms with Gasteiger partial charge in [-0.25, -0.2) is 0 Å². The molecule has 11 aromatic rings. The summed E-state index contributed by atoms with van der Waals surface area (Å²) in [4.78, 5) is 2.44. The molecule has 11 rings (SSSR count). The number of benzene rings is 8. The van der Waals surface area contributed by atoms with Crippen molar-refractivity contribution in [1.82, 2.24) is 0 Å². The Kier molecular flexibility index (Phi) is 6.63. The number of nitrogens with zero attached hydrogens (tertiary/aromatic N) is 1. The summed E-state index contributed by atoms with van der Waals surface area (Å²) in [7, 11) is 0. The maximum atomic E-state index is 6.68. The molecule has 0 amide bonds. The number of thiophene rings is 2. The van der Waals surface area contributed by atoms with Crippen molar-refractivity contribution >= 4 is 102 Å². The maximum absolute atomic E-state index is 6.68. The molecule has 0 aliphatic carbocycles. The second-order valence-corrected chi connectivity index (χ2v) is 15.4. The predicted molar refractivity (Wildman–Crippen MR) is 225 cm³/mol. The van der Waals surface area contributed by atoms with E-state index in [2.05, 4.69) is 175 Å². The summed E-state index contributed by atoms with van der Waals surface area (Å²) in [6, 6.07) is 63.7. The Hall–Kier alpha value is -6.20. The van der Waals surface area contributed by atoms with E-state index in [-0.39, 0.29) is 0 Å². The van der Waals surface area contributed by atoms with Crippen LogP contribution in [0.5, 0.6) is 0 Å². The van der Waals surface area contributed by atoms with Crippen molar-refractivity contribution < 1.29 is 4.42 Å². The summed E-state index contributed by atoms with van der Waals surface area (Å²) < 4.78 is 11.7. The summed E-state index contributed by atoms with van der Waals surface area (Å²) in [6.07, 6.45) is 0. The zero-order chi connectivity index (χ0) is 34.2. The van der Waals surface area contributed by atoms with E-state index >= 15 is 0 Å². The van der Waals surface area contributed by atoms with Gasteiger partial charge in [-0.15, -0.1) is 22.7 Å². The van der Waals surface area contributed by atoms with Gasteiger partial charge in [-0.3, -0.25) is 0 Å². The predicted octanol–water partition coefficient (Wildman–Crippen LogP) is 15.1. The van der Waals surface area contributed by atoms with E-state index in [9.17, 15) is 0 Å². The van der Waals surface area contributed by atoms with Crippen LogP contribution in [0.3, 0.4) is 0 Å². The van der Waals surface area contributed by atoms with Crippen molar-refractivity contribution in [3.8, 4) is 22.3 Å². The van der Waals surface area contributed by atoms with Gasteiger partial charge in [0, 0.05) is 62.5 Å². The zero-order valence-electron chi connectivity index (χ0n) is 27.9. The molecule has 3 aromatic heterocycles. The van der Waals surface area contributed by atoms with Gasteiger partial charge >= 0.3 is 0 Å². The normalized spacial score (nSPS) is 11.8. The first-order valence-electron chi connectivity index (χ1n) is 17.5. The van der Waals surface area contributed by atoms with Gasteiger partial charge in [-0.05, 0) is 89.0 Å². The second kappa shape index (κ2) is 11.7. The average molecular weight is 700 g/mol. The van der Waals surface area contributed by atoms with Crippen molar-refractivity contribution in [2.45, 2.75) is 0 Å². The highest BCUT2D eigenvalue weighted by molar-refractivity contribution is 7.26. The van der Waals surface area contributed by atoms with Crippen LogP contribution in [0, 0.1) is 0 Å². The number of furan rings is 1. The van der Waals surface area contributed by atoms with Gasteiger partial charge in [0.25, 0.3) is 0 Å². The Bertz CT molecular complexity index is 3130. The lowest BCUT2D eigenvalue weighted by molar-refractivity contribution is 0.673. The number of hydrogen-bond acceptors (Lipinski definition) is 4. The molecule has 4 heteroatoms. The molecule has 3 heterocycles. The highest BCUT2D eigenvalue weighted by Crippen LogP contribution is 2.49. The third kappa shape index (κ3) is 4.55. The monoisotopic (exact) mass is 699 g/mol. The van der Waals surface area contributed by atoms with E-state index < -0.39 is 0 Å². The van der Waals surface area contributed by atoms with E-state index in [1.165, 1.54) is 62.6 Å². The first kappa shape index (κ1) is 29.5. The van der Waals surface area contributed by atoms with Crippen molar-refractivity contribution in [3.05, 3.63) is 176 Å². The number of anilines is 3. The summed E-state index contributed by atoms with van der Waals surface area (Å²) >= 11 is 3.68. The van der Waals surface area contributed by atoms with Gasteiger partial charge in [0.15, 0.2) is 0 Å². The van der Waals surface area contributed by atoms with Crippen molar-refractivity contribution in [1.29, 1.82) is 0 Å². The molecule has 0 spiro atoms. The Morgan fingerprint density at radius 3 is 1.85 bits per heavy atom. The molecule has 0 saturated carbocycles. The molecule has 0 radical (unpaired) electrons. The molecule has 8 aromatic carbocycles. The largest absolute Gasteiger partial charge is 0.455 e. The summed E-state index contributed by atoms with van der Waals surface area (Å²) in [5.74, 6) is 0. The van der Waals surface area contributed by atoms with Crippen LogP contribution >= 0.6 is 22.7 Å². The zero-order valence-corrected chi connectivity index (χ0v) is 29.5. The minimum atomic E-state index is 0.917. The average Bonchev–Trinajstić information content (AvgIpc) is 3.90. The Morgan fingerprint density at radius 2 is 1.00 bits per heavy atom. The molecule has 0 atom stereocenters. The van der Waals surface area contributed by atoms with E-state index in [0.29, 0.717) is 0 Å². The quantitative estimate of drug-likeness (QED) is 0.178. The molecular weight excluding hydrogens is 671 g/mol. The molecule has 0 bridgehead atoms. The Morgan fingerprint density at radius 1 is 0.385 bits per heavy atom. The van der Waals surface area contributed by atoms with Crippen LogP contribution < -0.4 is 4.90 Å². The van der Waals surface area contributed by atoms with Crippen LogP contribution in [0.1, 0.15) is 0 Å². The Labute approximate surface area is 308 Å². The van der Waals surface area contributed by atoms with Gasteiger partial charge in [-0.1, -0.05) is 109 Å². The van der Waals surface area contributed by atoms with Gasteiger partial charge < -0.3 is 9.32 Å². The SMILES string of the molecule is c1ccc(-c2ccccc2-c2ccc(N(c3ccc4sc5ccccc5c4c3)c3cccc4sc5ccc6c7ccccc7oc6c5c34)cc2)cc1. The van der Waals surface area contributed by atoms with E-state index in [0.717, 1.165) is 39.0 Å². The highest BCUT2D eigenvalue weighted by Gasteiger charge is 2.22. The fourth-order valence-corrected chi connectivity index (χ4v) is 10.1. The summed E-state index contributed by atoms with van der Waals surface area (Å²) in [6.45, 7) is 0. The van der Waals surface area contributed by atoms with Crippen LogP contribution in [0.15, 0.2) is 180 Å². The smallest absolute Gasteiger partial charge is 0.144 e. The van der Waals surface area contributed by atoms with Gasteiger partial charge in [0.05, 0.1) is 5.69 Å². The lowest BCUT2D eigenvalue weighted by Crippen LogP contribution is -2.10. The van der Waals surface area contributed by atoms with E-state index in [4.69, 9.17) is 4.42 Å². The molecule has 0 saturated heterocycles. The second-order valence-electron chi connectivity index (χ2n) is 13.2. The molecule has 0 unspecified atom stereocenters. The lowest BCUT2D eigenvalue weighted by Gasteiger charge is -2.27. The van der Waals surface area contributed by atoms with Gasteiger partial charge in [0.2, 0.25) is 0 Å². The number of fused-ring (bicyclic) bond motifs is 10. The first-order chi connectivity index (χ1) is 25.8. The minimum Gasteiger partial charge on any atom is -0.455 e. The van der Waals surface area contributed by atoms with Gasteiger partial charge in [-0.2, -0.15) is 0 Å². The van der Waals surface area contributed by atoms with Crippen LogP contribution in [0.2, 0.25) is 0 Å². The number of rotatable bonds is 5. The maximum Gasteiger partial charge on any atom is 0.144 e. The molecule has 52 heavy (non-hydrogen) atoms. The van der Waals surface area contributed by atoms with Gasteiger partial charge in [0.1, 0.15) is 11.2 Å². The molecule has 0 N–H and O–H groups in total.